The Hall–Kier alpha value is -3.59. The molecule has 2 aliphatic heterocycles. The monoisotopic (exact) mass is 548 g/mol. The number of nitrogens with two attached hydrogens (primary N) is 1. The number of benzene rings is 2. The fraction of sp³-hybridized carbons (Fsp3) is 0.516. The lowest BCUT2D eigenvalue weighted by Crippen LogP contribution is -2.42. The van der Waals surface area contributed by atoms with Gasteiger partial charge in [-0.1, -0.05) is 46.2 Å². The molecular formula is C31H44N6O3. The summed E-state index contributed by atoms with van der Waals surface area (Å²) in [6, 6.07) is 10.9. The third-order valence-electron chi connectivity index (χ3n) is 7.98. The molecule has 216 valence electrons. The number of amides is 1. The number of phenols is 2. The lowest BCUT2D eigenvalue weighted by atomic mass is 9.97. The topological polar surface area (TPSA) is 129 Å². The highest BCUT2D eigenvalue weighted by atomic mass is 16.3. The van der Waals surface area contributed by atoms with Gasteiger partial charge in [-0.15, -0.1) is 0 Å². The second kappa shape index (κ2) is 12.7. The van der Waals surface area contributed by atoms with E-state index in [0.29, 0.717) is 35.5 Å². The van der Waals surface area contributed by atoms with Gasteiger partial charge in [0.2, 0.25) is 5.84 Å². The molecule has 9 nitrogen and oxygen atoms in total. The Morgan fingerprint density at radius 1 is 1.10 bits per heavy atom. The Labute approximate surface area is 237 Å². The first-order chi connectivity index (χ1) is 19.1. The van der Waals surface area contributed by atoms with Gasteiger partial charge in [0, 0.05) is 36.0 Å². The van der Waals surface area contributed by atoms with Crippen LogP contribution in [-0.4, -0.2) is 63.8 Å². The van der Waals surface area contributed by atoms with Gasteiger partial charge in [-0.25, -0.2) is 0 Å². The molecule has 0 saturated carbocycles. The predicted molar refractivity (Wildman–Crippen MR) is 160 cm³/mol. The van der Waals surface area contributed by atoms with E-state index in [1.165, 1.54) is 6.07 Å². The van der Waals surface area contributed by atoms with Gasteiger partial charge in [-0.2, -0.15) is 5.10 Å². The largest absolute Gasteiger partial charge is 0.508 e. The molecule has 2 aromatic rings. The van der Waals surface area contributed by atoms with E-state index in [4.69, 9.17) is 16.2 Å². The van der Waals surface area contributed by atoms with E-state index in [-0.39, 0.29) is 23.3 Å². The van der Waals surface area contributed by atoms with Gasteiger partial charge in [-0.3, -0.25) is 14.7 Å². The minimum Gasteiger partial charge on any atom is -0.508 e. The van der Waals surface area contributed by atoms with Gasteiger partial charge >= 0.3 is 0 Å². The molecule has 1 atom stereocenters. The number of nitrogens with zero attached hydrogens (tertiary/aromatic N) is 4. The summed E-state index contributed by atoms with van der Waals surface area (Å²) in [5.74, 6) is 0.150. The first-order valence-electron chi connectivity index (χ1n) is 14.5. The molecule has 5 N–H and O–H groups in total. The summed E-state index contributed by atoms with van der Waals surface area (Å²) in [6.45, 7) is 11.7. The van der Waals surface area contributed by atoms with Crippen LogP contribution in [0, 0.1) is 11.3 Å². The van der Waals surface area contributed by atoms with Crippen molar-refractivity contribution in [2.45, 2.75) is 71.9 Å². The first kappa shape index (κ1) is 29.4. The second-order valence-corrected chi connectivity index (χ2v) is 11.5. The van der Waals surface area contributed by atoms with Crippen LogP contribution in [0.3, 0.4) is 0 Å². The molecule has 0 radical (unpaired) electrons. The number of primary amides is 1. The van der Waals surface area contributed by atoms with Crippen LogP contribution in [0.15, 0.2) is 41.5 Å². The number of hydrogen-bond acceptors (Lipinski definition) is 8. The van der Waals surface area contributed by atoms with Crippen molar-refractivity contribution in [3.63, 3.8) is 0 Å². The maximum atomic E-state index is 12.7. The minimum atomic E-state index is -0.657. The normalized spacial score (nSPS) is 18.4. The number of anilines is 1. The first-order valence-corrected chi connectivity index (χ1v) is 14.5. The van der Waals surface area contributed by atoms with Crippen molar-refractivity contribution in [1.29, 1.82) is 5.41 Å². The Balaban J connectivity index is 1.72. The lowest BCUT2D eigenvalue weighted by Gasteiger charge is -2.35. The fourth-order valence-corrected chi connectivity index (χ4v) is 5.60. The third-order valence-corrected chi connectivity index (χ3v) is 7.98. The molecule has 0 bridgehead atoms. The van der Waals surface area contributed by atoms with Gasteiger partial charge < -0.3 is 26.3 Å². The van der Waals surface area contributed by atoms with Crippen molar-refractivity contribution in [3.05, 3.63) is 53.1 Å². The molecule has 0 aromatic heterocycles. The average Bonchev–Trinajstić information content (AvgIpc) is 3.28. The highest BCUT2D eigenvalue weighted by Gasteiger charge is 2.40. The smallest absolute Gasteiger partial charge is 0.286 e. The van der Waals surface area contributed by atoms with Crippen LogP contribution in [0.5, 0.6) is 11.5 Å². The van der Waals surface area contributed by atoms with Crippen molar-refractivity contribution in [2.24, 2.45) is 16.8 Å². The molecule has 2 heterocycles. The molecule has 40 heavy (non-hydrogen) atoms. The Kier molecular flexibility index (Phi) is 9.35. The van der Waals surface area contributed by atoms with Gasteiger partial charge in [0.05, 0.1) is 6.54 Å². The summed E-state index contributed by atoms with van der Waals surface area (Å²) in [5, 5.41) is 36.4. The average molecular weight is 549 g/mol. The van der Waals surface area contributed by atoms with E-state index in [1.54, 1.807) is 4.90 Å². The summed E-state index contributed by atoms with van der Waals surface area (Å²) in [6.07, 6.45) is 3.95. The molecule has 1 unspecified atom stereocenters. The number of likely N-dealkylation sites (tertiary alicyclic amines) is 1. The molecule has 4 rings (SSSR count). The number of aromatic hydroxyl groups is 2. The van der Waals surface area contributed by atoms with Crippen LogP contribution >= 0.6 is 0 Å². The summed E-state index contributed by atoms with van der Waals surface area (Å²) in [7, 11) is 0. The summed E-state index contributed by atoms with van der Waals surface area (Å²) in [4.78, 5) is 16.9. The SMILES string of the molecule is CCCC(=N)Cc1ccc(N2C(C(N)=O)=NN(CCN3CCC(C)CC3)C2c2cc(C(C)C)c(O)cc2O)cc1. The van der Waals surface area contributed by atoms with Crippen molar-refractivity contribution < 1.29 is 15.0 Å². The van der Waals surface area contributed by atoms with Crippen LogP contribution in [0.2, 0.25) is 0 Å². The number of carbonyl (C=O) groups excluding carboxylic acids is 1. The zero-order valence-corrected chi connectivity index (χ0v) is 24.2. The standard InChI is InChI=1S/C31H44N6O3/c1-5-6-23(32)17-22-7-9-24(10-8-22)37-30(29(33)40)34-36(16-15-35-13-11-21(4)12-14-35)31(37)26-18-25(20(2)3)27(38)19-28(26)39/h7-10,18-21,31-32,38-39H,5-6,11-17H2,1-4H3,(H2,33,40). The molecule has 0 spiro atoms. The molecule has 1 amide bonds. The molecule has 2 aromatic carbocycles. The quantitative estimate of drug-likeness (QED) is 0.295. The van der Waals surface area contributed by atoms with Crippen molar-refractivity contribution in [3.8, 4) is 11.5 Å². The van der Waals surface area contributed by atoms with E-state index >= 15 is 0 Å². The molecule has 9 heteroatoms. The van der Waals surface area contributed by atoms with Crippen molar-refractivity contribution in [1.82, 2.24) is 9.91 Å². The molecule has 1 saturated heterocycles. The van der Waals surface area contributed by atoms with Crippen LogP contribution in [0.25, 0.3) is 0 Å². The fourth-order valence-electron chi connectivity index (χ4n) is 5.60. The van der Waals surface area contributed by atoms with E-state index in [0.717, 1.165) is 56.8 Å². The number of phenolic OH excluding ortho intramolecular Hbond substituents is 2. The number of piperidine rings is 1. The Morgan fingerprint density at radius 3 is 2.38 bits per heavy atom. The number of rotatable bonds is 11. The number of amidine groups is 1. The summed E-state index contributed by atoms with van der Waals surface area (Å²) >= 11 is 0. The van der Waals surface area contributed by atoms with Crippen LogP contribution in [0.4, 0.5) is 5.69 Å². The Bertz CT molecular complexity index is 1230. The van der Waals surface area contributed by atoms with Crippen molar-refractivity contribution >= 4 is 23.1 Å². The summed E-state index contributed by atoms with van der Waals surface area (Å²) in [5.41, 5.74) is 9.53. The van der Waals surface area contributed by atoms with Gasteiger partial charge in [0.25, 0.3) is 5.91 Å². The highest BCUT2D eigenvalue weighted by Crippen LogP contribution is 2.42. The van der Waals surface area contributed by atoms with E-state index < -0.39 is 12.1 Å². The number of hydrogen-bond donors (Lipinski definition) is 4. The number of nitrogens with one attached hydrogen (secondary N) is 1. The van der Waals surface area contributed by atoms with Gasteiger partial charge in [-0.05, 0) is 73.5 Å². The number of hydrazone groups is 1. The van der Waals surface area contributed by atoms with Crippen LogP contribution in [-0.2, 0) is 11.2 Å². The molecule has 0 aliphatic carbocycles. The van der Waals surface area contributed by atoms with Crippen LogP contribution in [0.1, 0.15) is 82.2 Å². The van der Waals surface area contributed by atoms with Crippen molar-refractivity contribution in [2.75, 3.05) is 31.1 Å². The maximum absolute atomic E-state index is 12.7. The Morgan fingerprint density at radius 2 is 1.77 bits per heavy atom. The van der Waals surface area contributed by atoms with Gasteiger partial charge in [0.15, 0.2) is 6.17 Å². The van der Waals surface area contributed by atoms with E-state index in [1.807, 2.05) is 49.2 Å². The molecule has 1 fully saturated rings. The molecule has 2 aliphatic rings. The van der Waals surface area contributed by atoms with Gasteiger partial charge in [0.1, 0.15) is 11.5 Å². The zero-order valence-electron chi connectivity index (χ0n) is 24.2. The van der Waals surface area contributed by atoms with Crippen LogP contribution < -0.4 is 10.6 Å². The third kappa shape index (κ3) is 6.58. The zero-order chi connectivity index (χ0) is 29.0. The van der Waals surface area contributed by atoms with E-state index in [9.17, 15) is 15.0 Å². The predicted octanol–water partition coefficient (Wildman–Crippen LogP) is 4.94. The second-order valence-electron chi connectivity index (χ2n) is 11.5. The molecular weight excluding hydrogens is 504 g/mol. The minimum absolute atomic E-state index is 0.0206. The summed E-state index contributed by atoms with van der Waals surface area (Å²) < 4.78 is 0. The maximum Gasteiger partial charge on any atom is 0.286 e. The number of carbonyl (C=O) groups is 1. The lowest BCUT2D eigenvalue weighted by molar-refractivity contribution is -0.112. The van der Waals surface area contributed by atoms with E-state index in [2.05, 4.69) is 18.7 Å². The highest BCUT2D eigenvalue weighted by molar-refractivity contribution is 6.43.